The van der Waals surface area contributed by atoms with E-state index in [4.69, 9.17) is 4.74 Å². The normalized spacial score (nSPS) is 11.4. The van der Waals surface area contributed by atoms with Gasteiger partial charge >= 0.3 is 6.01 Å². The Kier molecular flexibility index (Phi) is 6.03. The van der Waals surface area contributed by atoms with Crippen molar-refractivity contribution in [1.82, 2.24) is 24.7 Å². The van der Waals surface area contributed by atoms with E-state index >= 15 is 0 Å². The molecule has 0 aliphatic rings. The van der Waals surface area contributed by atoms with Crippen LogP contribution in [0.2, 0.25) is 0 Å². The van der Waals surface area contributed by atoms with E-state index < -0.39 is 5.67 Å². The number of aromatic nitrogens is 5. The molecule has 9 heteroatoms. The average molecular weight is 401 g/mol. The molecular weight excluding hydrogens is 381 g/mol. The van der Waals surface area contributed by atoms with E-state index in [1.54, 1.807) is 30.2 Å². The van der Waals surface area contributed by atoms with Crippen LogP contribution in [0.4, 0.5) is 4.39 Å². The second kappa shape index (κ2) is 8.47. The molecule has 0 amide bonds. The molecule has 0 aromatic carbocycles. The standard InChI is InChI=1S/C19H20FN5O2S/c1-19(2,20)12-27-18-22-8-14(9-23-18)16-4-5-17(26)25(24-16)11-13-6-15(28-3)10-21-7-13/h4-10H,11-12H2,1-3H3. The third-order valence-corrected chi connectivity index (χ3v) is 4.37. The molecule has 0 aliphatic carbocycles. The van der Waals surface area contributed by atoms with Crippen LogP contribution in [-0.4, -0.2) is 43.3 Å². The molecule has 0 N–H and O–H groups in total. The van der Waals surface area contributed by atoms with Crippen molar-refractivity contribution < 1.29 is 9.13 Å². The Labute approximate surface area is 166 Å². The second-order valence-corrected chi connectivity index (χ2v) is 7.59. The largest absolute Gasteiger partial charge is 0.460 e. The van der Waals surface area contributed by atoms with Crippen LogP contribution in [0.3, 0.4) is 0 Å². The molecule has 0 atom stereocenters. The number of hydrogen-bond acceptors (Lipinski definition) is 7. The highest BCUT2D eigenvalue weighted by Gasteiger charge is 2.17. The number of ether oxygens (including phenoxy) is 1. The topological polar surface area (TPSA) is 82.8 Å². The lowest BCUT2D eigenvalue weighted by atomic mass is 10.2. The van der Waals surface area contributed by atoms with Gasteiger partial charge in [-0.05, 0) is 37.8 Å². The number of pyridine rings is 1. The smallest absolute Gasteiger partial charge is 0.316 e. The van der Waals surface area contributed by atoms with Crippen LogP contribution >= 0.6 is 11.8 Å². The van der Waals surface area contributed by atoms with E-state index in [1.165, 1.54) is 37.0 Å². The molecule has 0 unspecified atom stereocenters. The minimum atomic E-state index is -1.47. The lowest BCUT2D eigenvalue weighted by Gasteiger charge is -2.13. The van der Waals surface area contributed by atoms with Crippen molar-refractivity contribution in [3.63, 3.8) is 0 Å². The molecule has 0 saturated heterocycles. The van der Waals surface area contributed by atoms with Crippen molar-refractivity contribution in [2.24, 2.45) is 0 Å². The molecule has 7 nitrogen and oxygen atoms in total. The summed E-state index contributed by atoms with van der Waals surface area (Å²) in [7, 11) is 0. The van der Waals surface area contributed by atoms with E-state index in [0.717, 1.165) is 10.5 Å². The molecule has 3 rings (SSSR count). The maximum atomic E-state index is 13.5. The Balaban J connectivity index is 1.79. The van der Waals surface area contributed by atoms with Crippen molar-refractivity contribution in [2.45, 2.75) is 31.0 Å². The third-order valence-electron chi connectivity index (χ3n) is 3.67. The lowest BCUT2D eigenvalue weighted by Crippen LogP contribution is -2.23. The fourth-order valence-electron chi connectivity index (χ4n) is 2.31. The maximum Gasteiger partial charge on any atom is 0.316 e. The molecule has 0 aliphatic heterocycles. The van der Waals surface area contributed by atoms with E-state index in [9.17, 15) is 9.18 Å². The van der Waals surface area contributed by atoms with Gasteiger partial charge in [-0.25, -0.2) is 19.0 Å². The SMILES string of the molecule is CSc1cncc(Cn2nc(-c3cnc(OCC(C)(C)F)nc3)ccc2=O)c1. The quantitative estimate of drug-likeness (QED) is 0.563. The van der Waals surface area contributed by atoms with Crippen LogP contribution in [0, 0.1) is 0 Å². The first-order chi connectivity index (χ1) is 13.3. The highest BCUT2D eigenvalue weighted by Crippen LogP contribution is 2.17. The van der Waals surface area contributed by atoms with Gasteiger partial charge in [-0.1, -0.05) is 0 Å². The van der Waals surface area contributed by atoms with E-state index in [0.29, 0.717) is 17.8 Å². The summed E-state index contributed by atoms with van der Waals surface area (Å²) in [5, 5.41) is 4.40. The highest BCUT2D eigenvalue weighted by atomic mass is 32.2. The molecule has 0 radical (unpaired) electrons. The van der Waals surface area contributed by atoms with E-state index in [-0.39, 0.29) is 18.2 Å². The van der Waals surface area contributed by atoms with Gasteiger partial charge in [-0.2, -0.15) is 5.10 Å². The molecular formula is C19H20FN5O2S. The molecule has 0 bridgehead atoms. The summed E-state index contributed by atoms with van der Waals surface area (Å²) in [6.07, 6.45) is 8.50. The number of halogens is 1. The molecule has 3 heterocycles. The van der Waals surface area contributed by atoms with Crippen molar-refractivity contribution in [3.8, 4) is 17.3 Å². The summed E-state index contributed by atoms with van der Waals surface area (Å²) < 4.78 is 20.1. The van der Waals surface area contributed by atoms with Gasteiger partial charge in [0.25, 0.3) is 5.56 Å². The number of nitrogens with zero attached hydrogens (tertiary/aromatic N) is 5. The van der Waals surface area contributed by atoms with Crippen LogP contribution in [0.15, 0.2) is 52.7 Å². The first kappa shape index (κ1) is 19.9. The van der Waals surface area contributed by atoms with Gasteiger partial charge in [0.1, 0.15) is 12.3 Å². The van der Waals surface area contributed by atoms with Crippen molar-refractivity contribution in [1.29, 1.82) is 0 Å². The summed E-state index contributed by atoms with van der Waals surface area (Å²) in [6.45, 7) is 3.00. The first-order valence-corrected chi connectivity index (χ1v) is 9.77. The van der Waals surface area contributed by atoms with Crippen molar-refractivity contribution in [3.05, 3.63) is 58.9 Å². The summed E-state index contributed by atoms with van der Waals surface area (Å²) in [5.74, 6) is 0. The predicted octanol–water partition coefficient (Wildman–Crippen LogP) is 2.99. The van der Waals surface area contributed by atoms with Gasteiger partial charge in [0.15, 0.2) is 0 Å². The highest BCUT2D eigenvalue weighted by molar-refractivity contribution is 7.98. The zero-order valence-electron chi connectivity index (χ0n) is 15.8. The zero-order chi connectivity index (χ0) is 20.1. The number of rotatable bonds is 7. The summed E-state index contributed by atoms with van der Waals surface area (Å²) in [4.78, 5) is 25.5. The maximum absolute atomic E-state index is 13.5. The monoisotopic (exact) mass is 401 g/mol. The average Bonchev–Trinajstić information content (AvgIpc) is 2.68. The number of hydrogen-bond donors (Lipinski definition) is 0. The molecule has 0 spiro atoms. The van der Waals surface area contributed by atoms with Gasteiger partial charge in [-0.15, -0.1) is 11.8 Å². The van der Waals surface area contributed by atoms with Crippen LogP contribution in [0.25, 0.3) is 11.3 Å². The molecule has 0 fully saturated rings. The van der Waals surface area contributed by atoms with Crippen LogP contribution in [-0.2, 0) is 6.54 Å². The summed E-state index contributed by atoms with van der Waals surface area (Å²) in [6, 6.07) is 5.12. The van der Waals surface area contributed by atoms with Crippen molar-refractivity contribution >= 4 is 11.8 Å². The summed E-state index contributed by atoms with van der Waals surface area (Å²) in [5.41, 5.74) is 0.362. The fraction of sp³-hybridized carbons (Fsp3) is 0.316. The molecule has 28 heavy (non-hydrogen) atoms. The van der Waals surface area contributed by atoms with Gasteiger partial charge < -0.3 is 4.74 Å². The first-order valence-electron chi connectivity index (χ1n) is 8.54. The number of alkyl halides is 1. The van der Waals surface area contributed by atoms with Gasteiger partial charge in [-0.3, -0.25) is 9.78 Å². The molecule has 3 aromatic rings. The Morgan fingerprint density at radius 2 is 1.93 bits per heavy atom. The van der Waals surface area contributed by atoms with Crippen LogP contribution in [0.1, 0.15) is 19.4 Å². The minimum absolute atomic E-state index is 0.0859. The Bertz CT molecular complexity index is 1000. The Morgan fingerprint density at radius 3 is 2.61 bits per heavy atom. The van der Waals surface area contributed by atoms with Gasteiger partial charge in [0.2, 0.25) is 0 Å². The Morgan fingerprint density at radius 1 is 1.18 bits per heavy atom. The lowest BCUT2D eigenvalue weighted by molar-refractivity contribution is 0.113. The summed E-state index contributed by atoms with van der Waals surface area (Å²) >= 11 is 1.58. The third kappa shape index (κ3) is 5.35. The Hall–Kier alpha value is -2.81. The van der Waals surface area contributed by atoms with Crippen LogP contribution in [0.5, 0.6) is 6.01 Å². The molecule has 146 valence electrons. The number of thioether (sulfide) groups is 1. The predicted molar refractivity (Wildman–Crippen MR) is 105 cm³/mol. The zero-order valence-corrected chi connectivity index (χ0v) is 16.6. The van der Waals surface area contributed by atoms with Crippen LogP contribution < -0.4 is 10.3 Å². The van der Waals surface area contributed by atoms with E-state index in [1.807, 2.05) is 12.3 Å². The molecule has 0 saturated carbocycles. The fourth-order valence-corrected chi connectivity index (χ4v) is 2.75. The van der Waals surface area contributed by atoms with Gasteiger partial charge in [0.05, 0.1) is 12.2 Å². The second-order valence-electron chi connectivity index (χ2n) is 6.71. The minimum Gasteiger partial charge on any atom is -0.460 e. The van der Waals surface area contributed by atoms with Crippen molar-refractivity contribution in [2.75, 3.05) is 12.9 Å². The van der Waals surface area contributed by atoms with Gasteiger partial charge in [0, 0.05) is 41.3 Å². The van der Waals surface area contributed by atoms with E-state index in [2.05, 4.69) is 20.1 Å². The molecule has 3 aromatic heterocycles.